The van der Waals surface area contributed by atoms with E-state index in [1.807, 2.05) is 43.3 Å². The first-order valence-corrected chi connectivity index (χ1v) is 11.8. The Bertz CT molecular complexity index is 934. The summed E-state index contributed by atoms with van der Waals surface area (Å²) in [5.41, 5.74) is 3.56. The summed E-state index contributed by atoms with van der Waals surface area (Å²) >= 11 is 0. The minimum atomic E-state index is -0.823. The van der Waals surface area contributed by atoms with Gasteiger partial charge in [-0.3, -0.25) is 9.69 Å². The van der Waals surface area contributed by atoms with Crippen molar-refractivity contribution in [1.29, 1.82) is 0 Å². The molecule has 1 fully saturated rings. The van der Waals surface area contributed by atoms with Crippen LogP contribution in [0.3, 0.4) is 0 Å². The monoisotopic (exact) mass is 457 g/mol. The number of hydrogen-bond donors (Lipinski definition) is 2. The quantitative estimate of drug-likeness (QED) is 0.518. The molecule has 0 radical (unpaired) electrons. The topological polar surface area (TPSA) is 70.0 Å². The molecule has 3 unspecified atom stereocenters. The molecule has 2 N–H and O–H groups in total. The maximum absolute atomic E-state index is 14.0. The van der Waals surface area contributed by atoms with Gasteiger partial charge < -0.3 is 14.9 Å². The molecule has 180 valence electrons. The predicted octanol–water partition coefficient (Wildman–Crippen LogP) is 4.54. The van der Waals surface area contributed by atoms with Gasteiger partial charge in [-0.25, -0.2) is 4.39 Å². The Morgan fingerprint density at radius 3 is 2.76 bits per heavy atom. The van der Waals surface area contributed by atoms with E-state index in [9.17, 15) is 14.3 Å². The molecular formula is C27H36FNO4. The van der Waals surface area contributed by atoms with Crippen LogP contribution in [-0.2, 0) is 22.4 Å². The Morgan fingerprint density at radius 2 is 2.03 bits per heavy atom. The first kappa shape index (κ1) is 25.3. The summed E-state index contributed by atoms with van der Waals surface area (Å²) in [5.74, 6) is -0.467. The smallest absolute Gasteiger partial charge is 0.303 e. The van der Waals surface area contributed by atoms with Crippen molar-refractivity contribution in [2.24, 2.45) is 5.92 Å². The molecule has 6 heteroatoms. The van der Waals surface area contributed by atoms with E-state index in [2.05, 4.69) is 11.8 Å². The number of aliphatic hydroxyl groups is 1. The normalized spacial score (nSPS) is 20.6. The number of halogens is 1. The second-order valence-corrected chi connectivity index (χ2v) is 9.46. The van der Waals surface area contributed by atoms with Crippen molar-refractivity contribution in [1.82, 2.24) is 4.90 Å². The van der Waals surface area contributed by atoms with E-state index in [1.165, 1.54) is 0 Å². The Morgan fingerprint density at radius 1 is 1.27 bits per heavy atom. The molecule has 5 nitrogen and oxygen atoms in total. The number of aryl methyl sites for hydroxylation is 2. The number of benzene rings is 2. The van der Waals surface area contributed by atoms with Crippen LogP contribution < -0.4 is 0 Å². The van der Waals surface area contributed by atoms with E-state index < -0.39 is 12.1 Å². The molecule has 2 aromatic rings. The summed E-state index contributed by atoms with van der Waals surface area (Å²) in [6, 6.07) is 13.4. The van der Waals surface area contributed by atoms with Crippen molar-refractivity contribution in [3.8, 4) is 0 Å². The third-order valence-electron chi connectivity index (χ3n) is 6.53. The van der Waals surface area contributed by atoms with Gasteiger partial charge in [0.25, 0.3) is 0 Å². The van der Waals surface area contributed by atoms with E-state index in [0.717, 1.165) is 36.1 Å². The molecule has 1 aliphatic rings. The van der Waals surface area contributed by atoms with Gasteiger partial charge in [-0.1, -0.05) is 43.3 Å². The van der Waals surface area contributed by atoms with Crippen molar-refractivity contribution in [3.05, 3.63) is 70.5 Å². The molecule has 4 atom stereocenters. The highest BCUT2D eigenvalue weighted by atomic mass is 19.1. The summed E-state index contributed by atoms with van der Waals surface area (Å²) in [6.07, 6.45) is 1.44. The largest absolute Gasteiger partial charge is 0.481 e. The van der Waals surface area contributed by atoms with E-state index in [0.29, 0.717) is 24.4 Å². The van der Waals surface area contributed by atoms with Crippen LogP contribution in [0.5, 0.6) is 0 Å². The third kappa shape index (κ3) is 7.36. The van der Waals surface area contributed by atoms with Gasteiger partial charge in [0, 0.05) is 25.6 Å². The molecule has 3 rings (SSSR count). The van der Waals surface area contributed by atoms with Crippen molar-refractivity contribution < 1.29 is 24.1 Å². The van der Waals surface area contributed by atoms with Crippen LogP contribution >= 0.6 is 0 Å². The summed E-state index contributed by atoms with van der Waals surface area (Å²) in [7, 11) is 0. The fourth-order valence-corrected chi connectivity index (χ4v) is 4.78. The first-order chi connectivity index (χ1) is 15.7. The number of ether oxygens (including phenoxy) is 1. The molecule has 0 spiro atoms. The van der Waals surface area contributed by atoms with Crippen LogP contribution in [0.25, 0.3) is 0 Å². The van der Waals surface area contributed by atoms with Crippen molar-refractivity contribution in [2.45, 2.75) is 64.7 Å². The van der Waals surface area contributed by atoms with Crippen molar-refractivity contribution in [2.75, 3.05) is 19.7 Å². The highest BCUT2D eigenvalue weighted by Gasteiger charge is 2.31. The zero-order valence-electron chi connectivity index (χ0n) is 19.8. The minimum absolute atomic E-state index is 0.0752. The van der Waals surface area contributed by atoms with Gasteiger partial charge in [-0.15, -0.1) is 0 Å². The zero-order chi connectivity index (χ0) is 24.0. The molecule has 0 aromatic heterocycles. The third-order valence-corrected chi connectivity index (χ3v) is 6.53. The lowest BCUT2D eigenvalue weighted by Crippen LogP contribution is -2.39. The number of nitrogens with zero attached hydrogens (tertiary/aromatic N) is 1. The number of aliphatic hydroxyl groups excluding tert-OH is 1. The SMILES string of the molecule is Cc1ccc(C[C@@H]2CC(C)CN2CC(O)COC(C)c2ccccc2CCC(=O)O)cc1F. The lowest BCUT2D eigenvalue weighted by atomic mass is 9.99. The van der Waals surface area contributed by atoms with Gasteiger partial charge in [0.15, 0.2) is 0 Å². The van der Waals surface area contributed by atoms with Gasteiger partial charge in [-0.2, -0.15) is 0 Å². The van der Waals surface area contributed by atoms with Gasteiger partial charge in [0.2, 0.25) is 0 Å². The molecule has 1 aliphatic heterocycles. The van der Waals surface area contributed by atoms with Crippen LogP contribution in [0.1, 0.15) is 55.0 Å². The summed E-state index contributed by atoms with van der Waals surface area (Å²) in [4.78, 5) is 13.2. The van der Waals surface area contributed by atoms with Gasteiger partial charge in [0.1, 0.15) is 5.82 Å². The number of carbonyl (C=O) groups is 1. The van der Waals surface area contributed by atoms with Crippen LogP contribution in [0, 0.1) is 18.7 Å². The highest BCUT2D eigenvalue weighted by molar-refractivity contribution is 5.67. The van der Waals surface area contributed by atoms with Crippen LogP contribution in [0.15, 0.2) is 42.5 Å². The Hall–Kier alpha value is -2.28. The second kappa shape index (κ2) is 11.7. The van der Waals surface area contributed by atoms with Crippen LogP contribution in [0.4, 0.5) is 4.39 Å². The second-order valence-electron chi connectivity index (χ2n) is 9.46. The van der Waals surface area contributed by atoms with E-state index in [1.54, 1.807) is 13.0 Å². The standard InChI is InChI=1S/C27H36FNO4/c1-18-12-23(13-21-9-8-19(2)26(28)14-21)29(15-18)16-24(30)17-33-20(3)25-7-5-4-6-22(25)10-11-27(31)32/h4-9,14,18,20,23-24,30H,10-13,15-17H2,1-3H3,(H,31,32)/t18?,20?,23-,24?/m0/s1. The zero-order valence-corrected chi connectivity index (χ0v) is 19.8. The maximum atomic E-state index is 14.0. The fraction of sp³-hybridized carbons (Fsp3) is 0.519. The molecule has 0 aliphatic carbocycles. The number of aliphatic carboxylic acids is 1. The Kier molecular flexibility index (Phi) is 9.01. The first-order valence-electron chi connectivity index (χ1n) is 11.8. The molecule has 33 heavy (non-hydrogen) atoms. The lowest BCUT2D eigenvalue weighted by molar-refractivity contribution is -0.136. The predicted molar refractivity (Wildman–Crippen MR) is 127 cm³/mol. The molecule has 0 saturated carbocycles. The number of rotatable bonds is 11. The van der Waals surface area contributed by atoms with E-state index >= 15 is 0 Å². The minimum Gasteiger partial charge on any atom is -0.481 e. The lowest BCUT2D eigenvalue weighted by Gasteiger charge is -2.28. The van der Waals surface area contributed by atoms with E-state index in [4.69, 9.17) is 9.84 Å². The molecule has 1 heterocycles. The van der Waals surface area contributed by atoms with Crippen molar-refractivity contribution in [3.63, 3.8) is 0 Å². The number of carboxylic acid groups (broad SMARTS) is 1. The van der Waals surface area contributed by atoms with Gasteiger partial charge >= 0.3 is 5.97 Å². The van der Waals surface area contributed by atoms with Crippen molar-refractivity contribution >= 4 is 5.97 Å². The highest BCUT2D eigenvalue weighted by Crippen LogP contribution is 2.27. The molecule has 2 aromatic carbocycles. The molecule has 0 bridgehead atoms. The number of likely N-dealkylation sites (tertiary alicyclic amines) is 1. The average molecular weight is 458 g/mol. The maximum Gasteiger partial charge on any atom is 0.303 e. The number of β-amino-alcohol motifs (C(OH)–C–C–N with tert-alkyl or cyclic N) is 1. The fourth-order valence-electron chi connectivity index (χ4n) is 4.78. The average Bonchev–Trinajstić information content (AvgIpc) is 3.11. The van der Waals surface area contributed by atoms with E-state index in [-0.39, 0.29) is 31.0 Å². The summed E-state index contributed by atoms with van der Waals surface area (Å²) in [5, 5.41) is 19.7. The number of carboxylic acids is 1. The van der Waals surface area contributed by atoms with Crippen LogP contribution in [0.2, 0.25) is 0 Å². The number of hydrogen-bond acceptors (Lipinski definition) is 4. The molecular weight excluding hydrogens is 421 g/mol. The Balaban J connectivity index is 1.54. The summed E-state index contributed by atoms with van der Waals surface area (Å²) in [6.45, 7) is 7.53. The van der Waals surface area contributed by atoms with Gasteiger partial charge in [0.05, 0.1) is 18.8 Å². The van der Waals surface area contributed by atoms with Gasteiger partial charge in [-0.05, 0) is 67.3 Å². The molecule has 1 saturated heterocycles. The Labute approximate surface area is 196 Å². The van der Waals surface area contributed by atoms with Crippen LogP contribution in [-0.4, -0.2) is 52.9 Å². The molecule has 0 amide bonds. The summed E-state index contributed by atoms with van der Waals surface area (Å²) < 4.78 is 20.0.